The Labute approximate surface area is 449 Å². The van der Waals surface area contributed by atoms with Crippen molar-refractivity contribution in [3.05, 3.63) is 255 Å². The standard InChI is InChI=1S/2C34H21BN2O2/c1-3-12-22(13-4-1)36-26-18-9-8-17-25(26)35-30-27(36)19-11-20-28(30)37(23-14-5-2-6-15-23)34-31(35)33-32(39-34)24-16-7-10-21-29(24)38-33;1-3-12-22(13-4-1)36-26-18-9-8-17-25(26)35-31-27(36)19-11-20-28(31)37(23-14-5-2-6-15-23)33-32(35)30-24-16-7-10-21-29(24)38-34(30)39-33/h2*1-21H. The molecule has 4 aliphatic heterocycles. The second-order valence-corrected chi connectivity index (χ2v) is 20.2. The van der Waals surface area contributed by atoms with Crippen molar-refractivity contribution in [2.45, 2.75) is 0 Å². The van der Waals surface area contributed by atoms with Crippen molar-refractivity contribution in [2.24, 2.45) is 0 Å². The van der Waals surface area contributed by atoms with Crippen LogP contribution in [0.5, 0.6) is 0 Å². The van der Waals surface area contributed by atoms with E-state index in [0.717, 1.165) is 95.3 Å². The minimum Gasteiger partial charge on any atom is -0.453 e. The van der Waals surface area contributed by atoms with Gasteiger partial charge in [-0.3, -0.25) is 9.80 Å². The first-order valence-corrected chi connectivity index (χ1v) is 26.5. The molecule has 78 heavy (non-hydrogen) atoms. The molecule has 0 bridgehead atoms. The fourth-order valence-electron chi connectivity index (χ4n) is 13.1. The van der Waals surface area contributed by atoms with Crippen LogP contribution in [0.1, 0.15) is 0 Å². The first-order chi connectivity index (χ1) is 38.8. The second-order valence-electron chi connectivity index (χ2n) is 20.2. The van der Waals surface area contributed by atoms with E-state index in [4.69, 9.17) is 17.7 Å². The summed E-state index contributed by atoms with van der Waals surface area (Å²) in [6.07, 6.45) is 0. The van der Waals surface area contributed by atoms with Gasteiger partial charge in [-0.25, -0.2) is 0 Å². The maximum absolute atomic E-state index is 6.81. The molecule has 0 saturated carbocycles. The van der Waals surface area contributed by atoms with E-state index in [1.54, 1.807) is 0 Å². The molecular weight excluding hydrogens is 958 g/mol. The molecule has 0 fully saturated rings. The third kappa shape index (κ3) is 6.02. The van der Waals surface area contributed by atoms with Crippen LogP contribution in [0.15, 0.2) is 272 Å². The largest absolute Gasteiger partial charge is 0.453 e. The fourth-order valence-corrected chi connectivity index (χ4v) is 13.1. The molecule has 364 valence electrons. The fraction of sp³-hybridized carbons (Fsp3) is 0. The van der Waals surface area contributed by atoms with Gasteiger partial charge in [-0.05, 0) is 125 Å². The molecule has 0 atom stereocenters. The monoisotopic (exact) mass is 1000 g/mol. The zero-order valence-electron chi connectivity index (χ0n) is 41.8. The molecule has 4 aromatic heterocycles. The summed E-state index contributed by atoms with van der Waals surface area (Å²) in [6.45, 7) is -0.0475. The molecule has 18 rings (SSSR count). The first-order valence-electron chi connectivity index (χ1n) is 26.5. The van der Waals surface area contributed by atoms with Crippen LogP contribution in [-0.2, 0) is 0 Å². The third-order valence-electron chi connectivity index (χ3n) is 16.2. The highest BCUT2D eigenvalue weighted by Gasteiger charge is 2.49. The van der Waals surface area contributed by atoms with Gasteiger partial charge in [-0.2, -0.15) is 0 Å². The van der Waals surface area contributed by atoms with Crippen molar-refractivity contribution in [3.63, 3.8) is 0 Å². The van der Waals surface area contributed by atoms with Crippen molar-refractivity contribution in [1.29, 1.82) is 0 Å². The zero-order valence-corrected chi connectivity index (χ0v) is 41.8. The highest BCUT2D eigenvalue weighted by atomic mass is 16.5. The van der Waals surface area contributed by atoms with E-state index in [2.05, 4.69) is 232 Å². The van der Waals surface area contributed by atoms with Crippen LogP contribution in [0.2, 0.25) is 0 Å². The van der Waals surface area contributed by atoms with E-state index >= 15 is 0 Å². The lowest BCUT2D eigenvalue weighted by Gasteiger charge is -2.42. The van der Waals surface area contributed by atoms with Crippen LogP contribution in [0.25, 0.3) is 44.3 Å². The number of anilines is 12. The summed E-state index contributed by atoms with van der Waals surface area (Å²) in [6, 6.07) is 89.2. The van der Waals surface area contributed by atoms with E-state index in [1.807, 2.05) is 42.5 Å². The number of furan rings is 4. The van der Waals surface area contributed by atoms with Gasteiger partial charge < -0.3 is 27.5 Å². The molecule has 0 amide bonds. The van der Waals surface area contributed by atoms with Crippen LogP contribution < -0.4 is 52.4 Å². The first kappa shape index (κ1) is 43.0. The Balaban J connectivity index is 0.000000126. The molecule has 4 aliphatic rings. The Kier molecular flexibility index (Phi) is 9.14. The Hall–Kier alpha value is -10.3. The van der Waals surface area contributed by atoms with Gasteiger partial charge in [0.05, 0.1) is 10.8 Å². The third-order valence-corrected chi connectivity index (χ3v) is 16.2. The van der Waals surface area contributed by atoms with E-state index in [-0.39, 0.29) is 13.4 Å². The number of fused-ring (bicyclic) bond motifs is 16. The quantitative estimate of drug-likeness (QED) is 0.162. The van der Waals surface area contributed by atoms with Gasteiger partial charge >= 0.3 is 0 Å². The zero-order chi connectivity index (χ0) is 51.0. The maximum atomic E-state index is 6.81. The number of rotatable bonds is 4. The van der Waals surface area contributed by atoms with E-state index in [0.29, 0.717) is 5.78 Å². The van der Waals surface area contributed by atoms with Crippen molar-refractivity contribution >= 4 is 159 Å². The van der Waals surface area contributed by atoms with Gasteiger partial charge in [-0.15, -0.1) is 0 Å². The molecule has 10 heteroatoms. The van der Waals surface area contributed by atoms with Gasteiger partial charge in [0.15, 0.2) is 11.2 Å². The van der Waals surface area contributed by atoms with Crippen molar-refractivity contribution < 1.29 is 17.7 Å². The summed E-state index contributed by atoms with van der Waals surface area (Å²) in [5.74, 6) is 2.20. The highest BCUT2D eigenvalue weighted by Crippen LogP contribution is 2.49. The number of hydrogen-bond acceptors (Lipinski definition) is 8. The highest BCUT2D eigenvalue weighted by molar-refractivity contribution is 7.02. The summed E-state index contributed by atoms with van der Waals surface area (Å²) in [4.78, 5) is 9.29. The van der Waals surface area contributed by atoms with Crippen LogP contribution in [0, 0.1) is 0 Å². The van der Waals surface area contributed by atoms with Gasteiger partial charge in [0, 0.05) is 73.2 Å². The minimum absolute atomic E-state index is 0.00965. The van der Waals surface area contributed by atoms with Gasteiger partial charge in [0.25, 0.3) is 19.2 Å². The van der Waals surface area contributed by atoms with Crippen molar-refractivity contribution in [2.75, 3.05) is 19.6 Å². The van der Waals surface area contributed by atoms with Crippen molar-refractivity contribution in [1.82, 2.24) is 0 Å². The lowest BCUT2D eigenvalue weighted by Crippen LogP contribution is -2.61. The second kappa shape index (κ2) is 16.6. The Morgan fingerprint density at radius 3 is 1.17 bits per heavy atom. The summed E-state index contributed by atoms with van der Waals surface area (Å²) in [5, 5.41) is 3.12. The molecule has 8 heterocycles. The molecule has 10 aromatic carbocycles. The number of para-hydroxylation sites is 8. The molecule has 0 aliphatic carbocycles. The molecule has 0 unspecified atom stereocenters. The van der Waals surface area contributed by atoms with Crippen LogP contribution in [0.3, 0.4) is 0 Å². The molecular formula is C68H42B2N4O4. The molecule has 0 radical (unpaired) electrons. The van der Waals surface area contributed by atoms with Gasteiger partial charge in [0.2, 0.25) is 11.8 Å². The Bertz CT molecular complexity index is 4610. The number of benzene rings is 10. The predicted molar refractivity (Wildman–Crippen MR) is 320 cm³/mol. The SMILES string of the molecule is c1ccc(N2c3ccccc3B3c4c2cccc4N(c2ccccc2)c2oc4c(oc5ccccc54)c23)cc1.c1ccc(N2c3ccccc3B3c4c2cccc4N(c2ccccc2)c2oc4oc5ccccc5c4c23)cc1. The maximum Gasteiger partial charge on any atom is 0.299 e. The smallest absolute Gasteiger partial charge is 0.299 e. The van der Waals surface area contributed by atoms with Gasteiger partial charge in [0.1, 0.15) is 11.2 Å². The van der Waals surface area contributed by atoms with Crippen LogP contribution >= 0.6 is 0 Å². The van der Waals surface area contributed by atoms with E-state index in [9.17, 15) is 0 Å². The molecule has 0 N–H and O–H groups in total. The Morgan fingerprint density at radius 1 is 0.256 bits per heavy atom. The summed E-state index contributed by atoms with van der Waals surface area (Å²) < 4.78 is 26.4. The molecule has 0 spiro atoms. The molecule has 8 nitrogen and oxygen atoms in total. The normalized spacial score (nSPS) is 13.5. The van der Waals surface area contributed by atoms with Crippen LogP contribution in [-0.4, -0.2) is 13.4 Å². The summed E-state index contributed by atoms with van der Waals surface area (Å²) >= 11 is 0. The van der Waals surface area contributed by atoms with E-state index < -0.39 is 0 Å². The van der Waals surface area contributed by atoms with E-state index in [1.165, 1.54) is 44.6 Å². The van der Waals surface area contributed by atoms with Gasteiger partial charge in [-0.1, -0.05) is 152 Å². The summed E-state index contributed by atoms with van der Waals surface area (Å²) in [5.41, 5.74) is 21.8. The minimum atomic E-state index is -0.0378. The predicted octanol–water partition coefficient (Wildman–Crippen LogP) is 14.5. The number of hydrogen-bond donors (Lipinski definition) is 0. The average molecular weight is 1000 g/mol. The summed E-state index contributed by atoms with van der Waals surface area (Å²) in [7, 11) is 0. The lowest BCUT2D eigenvalue weighted by molar-refractivity contribution is 0.505. The average Bonchev–Trinajstić information content (AvgIpc) is 3.48. The molecule has 14 aromatic rings. The topological polar surface area (TPSA) is 65.5 Å². The Morgan fingerprint density at radius 2 is 0.641 bits per heavy atom. The molecule has 0 saturated heterocycles. The van der Waals surface area contributed by atoms with Crippen molar-refractivity contribution in [3.8, 4) is 0 Å². The lowest BCUT2D eigenvalue weighted by atomic mass is 9.33. The van der Waals surface area contributed by atoms with Crippen LogP contribution in [0.4, 0.5) is 68.6 Å². The number of nitrogens with zero attached hydrogens (tertiary/aromatic N) is 4.